The van der Waals surface area contributed by atoms with Gasteiger partial charge in [0.15, 0.2) is 0 Å². The number of nitrogens with one attached hydrogen (secondary N) is 1. The molecule has 0 saturated heterocycles. The highest BCUT2D eigenvalue weighted by atomic mass is 32.2. The van der Waals surface area contributed by atoms with E-state index in [1.165, 1.54) is 11.8 Å². The van der Waals surface area contributed by atoms with E-state index in [1.54, 1.807) is 6.20 Å². The first kappa shape index (κ1) is 12.4. The Balaban J connectivity index is 2.47. The summed E-state index contributed by atoms with van der Waals surface area (Å²) in [4.78, 5) is 13.9. The summed E-state index contributed by atoms with van der Waals surface area (Å²) in [5.41, 5.74) is 5.39. The predicted molar refractivity (Wildman–Crippen MR) is 63.9 cm³/mol. The van der Waals surface area contributed by atoms with E-state index in [-0.39, 0.29) is 11.4 Å². The molecule has 1 heterocycles. The van der Waals surface area contributed by atoms with E-state index in [9.17, 15) is 4.79 Å². The van der Waals surface area contributed by atoms with Gasteiger partial charge in [0.05, 0.1) is 4.91 Å². The van der Waals surface area contributed by atoms with Crippen LogP contribution in [0.5, 0.6) is 0 Å². The van der Waals surface area contributed by atoms with Crippen molar-refractivity contribution in [2.24, 2.45) is 5.73 Å². The van der Waals surface area contributed by atoms with Crippen LogP contribution in [0.3, 0.4) is 0 Å². The second-order valence-corrected chi connectivity index (χ2v) is 4.67. The lowest BCUT2D eigenvalue weighted by molar-refractivity contribution is -0.113. The number of nitrogens with zero attached hydrogens (tertiary/aromatic N) is 1. The van der Waals surface area contributed by atoms with Crippen LogP contribution in [0.4, 0.5) is 0 Å². The third-order valence-corrected chi connectivity index (χ3v) is 3.42. The zero-order valence-corrected chi connectivity index (χ0v) is 10.1. The van der Waals surface area contributed by atoms with Gasteiger partial charge >= 0.3 is 0 Å². The number of hydrogen-bond acceptors (Lipinski definition) is 4. The maximum atomic E-state index is 11.0. The fourth-order valence-electron chi connectivity index (χ4n) is 1.57. The molecule has 0 bridgehead atoms. The Bertz CT molecular complexity index is 249. The highest BCUT2D eigenvalue weighted by Crippen LogP contribution is 2.27. The fraction of sp³-hybridized carbons (Fsp3) is 0.700. The maximum absolute atomic E-state index is 11.0. The molecule has 0 radical (unpaired) electrons. The first-order valence-corrected chi connectivity index (χ1v) is 6.23. The second-order valence-electron chi connectivity index (χ2n) is 3.55. The Morgan fingerprint density at radius 3 is 2.53 bits per heavy atom. The Hall–Kier alpha value is -0.680. The molecule has 1 atom stereocenters. The number of carbonyl (C=O) groups excluding carboxylic acids is 1. The fourth-order valence-corrected chi connectivity index (χ4v) is 2.55. The van der Waals surface area contributed by atoms with Crippen LogP contribution in [0.2, 0.25) is 0 Å². The van der Waals surface area contributed by atoms with Crippen LogP contribution >= 0.6 is 11.8 Å². The zero-order valence-electron chi connectivity index (χ0n) is 9.32. The molecule has 0 aromatic rings. The Morgan fingerprint density at radius 2 is 2.13 bits per heavy atom. The van der Waals surface area contributed by atoms with Crippen LogP contribution in [-0.4, -0.2) is 29.4 Å². The standard InChI is InChI=1S/C10H19N3OS/c1-3-5-13(6-4-2)10-12-7-8(15-10)9(11)14/h7,10,12H,3-6H2,1-2H3,(H2,11,14). The lowest BCUT2D eigenvalue weighted by Crippen LogP contribution is -2.40. The van der Waals surface area contributed by atoms with Gasteiger partial charge in [-0.05, 0) is 12.8 Å². The van der Waals surface area contributed by atoms with Crippen molar-refractivity contribution in [1.82, 2.24) is 10.2 Å². The number of rotatable bonds is 6. The van der Waals surface area contributed by atoms with E-state index < -0.39 is 0 Å². The van der Waals surface area contributed by atoms with Gasteiger partial charge in [-0.15, -0.1) is 0 Å². The quantitative estimate of drug-likeness (QED) is 0.715. The summed E-state index contributed by atoms with van der Waals surface area (Å²) in [5.74, 6) is -0.344. The molecule has 4 nitrogen and oxygen atoms in total. The molecule has 0 fully saturated rings. The monoisotopic (exact) mass is 229 g/mol. The number of nitrogens with two attached hydrogens (primary N) is 1. The van der Waals surface area contributed by atoms with Crippen LogP contribution in [-0.2, 0) is 4.79 Å². The van der Waals surface area contributed by atoms with E-state index in [4.69, 9.17) is 5.73 Å². The summed E-state index contributed by atoms with van der Waals surface area (Å²) in [6.07, 6.45) is 3.95. The third kappa shape index (κ3) is 3.43. The van der Waals surface area contributed by atoms with Crippen LogP contribution in [0, 0.1) is 0 Å². The Labute approximate surface area is 95.3 Å². The van der Waals surface area contributed by atoms with Gasteiger partial charge in [0.25, 0.3) is 5.91 Å². The van der Waals surface area contributed by atoms with Crippen LogP contribution < -0.4 is 11.1 Å². The maximum Gasteiger partial charge on any atom is 0.256 e. The van der Waals surface area contributed by atoms with Gasteiger partial charge in [-0.3, -0.25) is 9.69 Å². The minimum atomic E-state index is -0.344. The Kier molecular flexibility index (Phi) is 4.98. The van der Waals surface area contributed by atoms with Gasteiger partial charge in [-0.1, -0.05) is 25.6 Å². The van der Waals surface area contributed by atoms with Crippen molar-refractivity contribution in [2.75, 3.05) is 13.1 Å². The molecular formula is C10H19N3OS. The van der Waals surface area contributed by atoms with Crippen molar-refractivity contribution in [1.29, 1.82) is 0 Å². The van der Waals surface area contributed by atoms with Gasteiger partial charge in [-0.2, -0.15) is 0 Å². The molecule has 0 aliphatic carbocycles. The Morgan fingerprint density at radius 1 is 1.53 bits per heavy atom. The zero-order chi connectivity index (χ0) is 11.3. The van der Waals surface area contributed by atoms with Crippen LogP contribution in [0.25, 0.3) is 0 Å². The number of amides is 1. The molecule has 86 valence electrons. The SMILES string of the molecule is CCCN(CCC)C1NC=C(C(N)=O)S1. The molecular weight excluding hydrogens is 210 g/mol. The van der Waals surface area contributed by atoms with E-state index >= 15 is 0 Å². The lowest BCUT2D eigenvalue weighted by atomic mass is 10.4. The molecule has 1 aliphatic rings. The van der Waals surface area contributed by atoms with Gasteiger partial charge in [0, 0.05) is 19.3 Å². The minimum absolute atomic E-state index is 0.174. The third-order valence-electron chi connectivity index (χ3n) is 2.19. The molecule has 3 N–H and O–H groups in total. The summed E-state index contributed by atoms with van der Waals surface area (Å²) in [7, 11) is 0. The molecule has 15 heavy (non-hydrogen) atoms. The normalized spacial score (nSPS) is 20.2. The van der Waals surface area contributed by atoms with Gasteiger partial charge in [-0.25, -0.2) is 0 Å². The molecule has 1 rings (SSSR count). The molecule has 0 spiro atoms. The van der Waals surface area contributed by atoms with Crippen molar-refractivity contribution in [3.05, 3.63) is 11.1 Å². The number of primary amides is 1. The molecule has 1 aliphatic heterocycles. The summed E-state index contributed by atoms with van der Waals surface area (Å²) in [6, 6.07) is 0. The first-order valence-electron chi connectivity index (χ1n) is 5.35. The molecule has 1 amide bonds. The van der Waals surface area contributed by atoms with Crippen LogP contribution in [0.1, 0.15) is 26.7 Å². The molecule has 0 aromatic carbocycles. The first-order chi connectivity index (χ1) is 7.19. The van der Waals surface area contributed by atoms with Crippen molar-refractivity contribution in [3.8, 4) is 0 Å². The van der Waals surface area contributed by atoms with Crippen LogP contribution in [0.15, 0.2) is 11.1 Å². The minimum Gasteiger partial charge on any atom is -0.366 e. The smallest absolute Gasteiger partial charge is 0.256 e. The highest BCUT2D eigenvalue weighted by molar-refractivity contribution is 8.04. The van der Waals surface area contributed by atoms with Crippen molar-refractivity contribution in [3.63, 3.8) is 0 Å². The van der Waals surface area contributed by atoms with E-state index in [0.717, 1.165) is 25.9 Å². The highest BCUT2D eigenvalue weighted by Gasteiger charge is 2.25. The molecule has 1 unspecified atom stereocenters. The van der Waals surface area contributed by atoms with Gasteiger partial charge in [0.1, 0.15) is 5.50 Å². The molecule has 0 aromatic heterocycles. The largest absolute Gasteiger partial charge is 0.366 e. The number of thioether (sulfide) groups is 1. The average molecular weight is 229 g/mol. The van der Waals surface area contributed by atoms with Crippen molar-refractivity contribution >= 4 is 17.7 Å². The topological polar surface area (TPSA) is 58.4 Å². The van der Waals surface area contributed by atoms with Gasteiger partial charge < -0.3 is 11.1 Å². The molecule has 0 saturated carbocycles. The average Bonchev–Trinajstić information content (AvgIpc) is 2.66. The predicted octanol–water partition coefficient (Wildman–Crippen LogP) is 1.06. The van der Waals surface area contributed by atoms with E-state index in [2.05, 4.69) is 24.1 Å². The van der Waals surface area contributed by atoms with E-state index in [1.807, 2.05) is 0 Å². The lowest BCUT2D eigenvalue weighted by Gasteiger charge is -2.27. The van der Waals surface area contributed by atoms with Crippen molar-refractivity contribution in [2.45, 2.75) is 32.2 Å². The van der Waals surface area contributed by atoms with Crippen molar-refractivity contribution < 1.29 is 4.79 Å². The number of hydrogen-bond donors (Lipinski definition) is 2. The second kappa shape index (κ2) is 6.02. The summed E-state index contributed by atoms with van der Waals surface area (Å²) in [5, 5.41) is 3.18. The van der Waals surface area contributed by atoms with E-state index in [0.29, 0.717) is 4.91 Å². The summed E-state index contributed by atoms with van der Waals surface area (Å²) < 4.78 is 0. The number of carbonyl (C=O) groups is 1. The summed E-state index contributed by atoms with van der Waals surface area (Å²) >= 11 is 1.51. The molecule has 5 heteroatoms. The summed E-state index contributed by atoms with van der Waals surface area (Å²) in [6.45, 7) is 6.40. The van der Waals surface area contributed by atoms with Gasteiger partial charge in [0.2, 0.25) is 0 Å².